The molecule has 136 valence electrons. The standard InChI is InChI=1S/C18H18FN3O2S2/c1-12-11-14(6-7-15(12)19)26(23,24)21-10-8-17-13(2)22-18(25-17)16-5-3-4-9-20-16/h3-7,9,11,21H,8,10H2,1-2H3. The summed E-state index contributed by atoms with van der Waals surface area (Å²) in [6.45, 7) is 3.67. The molecule has 0 aliphatic rings. The van der Waals surface area contributed by atoms with Crippen LogP contribution in [0, 0.1) is 19.7 Å². The second kappa shape index (κ2) is 7.61. The molecule has 1 N–H and O–H groups in total. The molecule has 0 spiro atoms. The van der Waals surface area contributed by atoms with Crippen LogP contribution in [0.1, 0.15) is 16.1 Å². The molecule has 0 saturated heterocycles. The number of thiazole rings is 1. The number of aromatic nitrogens is 2. The highest BCUT2D eigenvalue weighted by Crippen LogP contribution is 2.26. The van der Waals surface area contributed by atoms with Crippen LogP contribution in [-0.4, -0.2) is 24.9 Å². The smallest absolute Gasteiger partial charge is 0.240 e. The number of halogens is 1. The Labute approximate surface area is 156 Å². The molecule has 3 rings (SSSR count). The molecule has 8 heteroatoms. The summed E-state index contributed by atoms with van der Waals surface area (Å²) >= 11 is 1.51. The van der Waals surface area contributed by atoms with Crippen molar-refractivity contribution in [3.05, 3.63) is 64.5 Å². The Kier molecular flexibility index (Phi) is 5.45. The second-order valence-corrected chi connectivity index (χ2v) is 8.65. The first-order valence-electron chi connectivity index (χ1n) is 8.00. The van der Waals surface area contributed by atoms with Crippen molar-refractivity contribution in [1.29, 1.82) is 0 Å². The van der Waals surface area contributed by atoms with Gasteiger partial charge in [-0.25, -0.2) is 22.5 Å². The highest BCUT2D eigenvalue weighted by atomic mass is 32.2. The van der Waals surface area contributed by atoms with Crippen LogP contribution in [0.25, 0.3) is 10.7 Å². The monoisotopic (exact) mass is 391 g/mol. The Morgan fingerprint density at radius 2 is 2.00 bits per heavy atom. The number of nitrogens with one attached hydrogen (secondary N) is 1. The summed E-state index contributed by atoms with van der Waals surface area (Å²) in [7, 11) is -3.67. The van der Waals surface area contributed by atoms with Gasteiger partial charge in [-0.1, -0.05) is 6.07 Å². The molecular formula is C18H18FN3O2S2. The van der Waals surface area contributed by atoms with E-state index in [1.165, 1.54) is 30.4 Å². The number of nitrogens with zero attached hydrogens (tertiary/aromatic N) is 2. The molecule has 0 fully saturated rings. The van der Waals surface area contributed by atoms with Gasteiger partial charge in [0.2, 0.25) is 10.0 Å². The van der Waals surface area contributed by atoms with Gasteiger partial charge < -0.3 is 0 Å². The van der Waals surface area contributed by atoms with Gasteiger partial charge in [0.05, 0.1) is 16.3 Å². The SMILES string of the molecule is Cc1cc(S(=O)(=O)NCCc2sc(-c3ccccn3)nc2C)ccc1F. The zero-order chi connectivity index (χ0) is 18.7. The zero-order valence-electron chi connectivity index (χ0n) is 14.4. The Balaban J connectivity index is 1.68. The lowest BCUT2D eigenvalue weighted by Crippen LogP contribution is -2.26. The number of aryl methyl sites for hydroxylation is 2. The van der Waals surface area contributed by atoms with E-state index < -0.39 is 15.8 Å². The lowest BCUT2D eigenvalue weighted by molar-refractivity contribution is 0.580. The summed E-state index contributed by atoms with van der Waals surface area (Å²) in [5, 5.41) is 0.815. The van der Waals surface area contributed by atoms with E-state index in [9.17, 15) is 12.8 Å². The Hall–Kier alpha value is -2.16. The van der Waals surface area contributed by atoms with Crippen molar-refractivity contribution < 1.29 is 12.8 Å². The summed E-state index contributed by atoms with van der Waals surface area (Å²) in [5.74, 6) is -0.425. The lowest BCUT2D eigenvalue weighted by Gasteiger charge is -2.07. The van der Waals surface area contributed by atoms with Gasteiger partial charge in [-0.15, -0.1) is 11.3 Å². The Morgan fingerprint density at radius 1 is 1.19 bits per heavy atom. The summed E-state index contributed by atoms with van der Waals surface area (Å²) in [5.41, 5.74) is 1.97. The molecule has 0 aliphatic carbocycles. The molecule has 0 aliphatic heterocycles. The molecule has 5 nitrogen and oxygen atoms in total. The third-order valence-corrected chi connectivity index (χ3v) is 6.56. The number of pyridine rings is 1. The van der Waals surface area contributed by atoms with Crippen molar-refractivity contribution in [2.24, 2.45) is 0 Å². The Morgan fingerprint density at radius 3 is 2.69 bits per heavy atom. The average molecular weight is 391 g/mol. The molecule has 2 aromatic heterocycles. The predicted octanol–water partition coefficient (Wildman–Crippen LogP) is 3.48. The molecule has 0 bridgehead atoms. The normalized spacial score (nSPS) is 11.7. The van der Waals surface area contributed by atoms with Crippen LogP contribution in [0.3, 0.4) is 0 Å². The molecule has 0 amide bonds. The summed E-state index contributed by atoms with van der Waals surface area (Å²) < 4.78 is 40.6. The van der Waals surface area contributed by atoms with E-state index in [0.717, 1.165) is 27.3 Å². The maximum Gasteiger partial charge on any atom is 0.240 e. The van der Waals surface area contributed by atoms with Crippen molar-refractivity contribution in [1.82, 2.24) is 14.7 Å². The summed E-state index contributed by atoms with van der Waals surface area (Å²) in [4.78, 5) is 9.86. The van der Waals surface area contributed by atoms with Gasteiger partial charge in [-0.2, -0.15) is 0 Å². The van der Waals surface area contributed by atoms with Crippen molar-refractivity contribution in [2.75, 3.05) is 6.54 Å². The minimum absolute atomic E-state index is 0.0617. The quantitative estimate of drug-likeness (QED) is 0.698. The van der Waals surface area contributed by atoms with Crippen molar-refractivity contribution in [3.8, 4) is 10.7 Å². The first-order chi connectivity index (χ1) is 12.4. The van der Waals surface area contributed by atoms with Gasteiger partial charge in [-0.05, 0) is 56.2 Å². The molecule has 0 saturated carbocycles. The van der Waals surface area contributed by atoms with E-state index in [-0.39, 0.29) is 11.4 Å². The van der Waals surface area contributed by atoms with E-state index in [0.29, 0.717) is 12.0 Å². The summed E-state index contributed by atoms with van der Waals surface area (Å²) in [6.07, 6.45) is 2.24. The van der Waals surface area contributed by atoms with Crippen molar-refractivity contribution in [2.45, 2.75) is 25.2 Å². The van der Waals surface area contributed by atoms with E-state index in [2.05, 4.69) is 14.7 Å². The van der Waals surface area contributed by atoms with Gasteiger partial charge >= 0.3 is 0 Å². The third kappa shape index (κ3) is 4.14. The van der Waals surface area contributed by atoms with Crippen LogP contribution in [0.5, 0.6) is 0 Å². The van der Waals surface area contributed by atoms with Crippen LogP contribution >= 0.6 is 11.3 Å². The first kappa shape index (κ1) is 18.6. The van der Waals surface area contributed by atoms with Gasteiger partial charge in [-0.3, -0.25) is 4.98 Å². The molecule has 2 heterocycles. The van der Waals surface area contributed by atoms with E-state index in [1.807, 2.05) is 25.1 Å². The van der Waals surface area contributed by atoms with Crippen molar-refractivity contribution in [3.63, 3.8) is 0 Å². The zero-order valence-corrected chi connectivity index (χ0v) is 16.0. The van der Waals surface area contributed by atoms with E-state index >= 15 is 0 Å². The fourth-order valence-corrected chi connectivity index (χ4v) is 4.58. The lowest BCUT2D eigenvalue weighted by atomic mass is 10.2. The van der Waals surface area contributed by atoms with Gasteiger partial charge in [0.15, 0.2) is 0 Å². The molecule has 3 aromatic rings. The number of sulfonamides is 1. The number of rotatable bonds is 6. The highest BCUT2D eigenvalue weighted by Gasteiger charge is 2.16. The van der Waals surface area contributed by atoms with Gasteiger partial charge in [0.25, 0.3) is 0 Å². The maximum absolute atomic E-state index is 13.3. The van der Waals surface area contributed by atoms with Crippen molar-refractivity contribution >= 4 is 21.4 Å². The molecule has 1 aromatic carbocycles. The average Bonchev–Trinajstić information content (AvgIpc) is 2.99. The number of benzene rings is 1. The summed E-state index contributed by atoms with van der Waals surface area (Å²) in [6, 6.07) is 9.39. The number of hydrogen-bond donors (Lipinski definition) is 1. The van der Waals surface area contributed by atoms with E-state index in [4.69, 9.17) is 0 Å². The van der Waals surface area contributed by atoms with E-state index in [1.54, 1.807) is 6.20 Å². The van der Waals surface area contributed by atoms with Crippen LogP contribution in [0.2, 0.25) is 0 Å². The second-order valence-electron chi connectivity index (χ2n) is 5.80. The molecule has 0 atom stereocenters. The van der Waals surface area contributed by atoms with Crippen LogP contribution in [-0.2, 0) is 16.4 Å². The molecular weight excluding hydrogens is 373 g/mol. The van der Waals surface area contributed by atoms with Crippen LogP contribution < -0.4 is 4.72 Å². The predicted molar refractivity (Wildman–Crippen MR) is 100 cm³/mol. The topological polar surface area (TPSA) is 72.0 Å². The molecule has 0 radical (unpaired) electrons. The first-order valence-corrected chi connectivity index (χ1v) is 10.3. The minimum atomic E-state index is -3.67. The van der Waals surface area contributed by atoms with Crippen LogP contribution in [0.4, 0.5) is 4.39 Å². The van der Waals surface area contributed by atoms with Gasteiger partial charge in [0.1, 0.15) is 10.8 Å². The maximum atomic E-state index is 13.3. The minimum Gasteiger partial charge on any atom is -0.254 e. The Bertz CT molecular complexity index is 1020. The molecule has 26 heavy (non-hydrogen) atoms. The third-order valence-electron chi connectivity index (χ3n) is 3.86. The fraction of sp³-hybridized carbons (Fsp3) is 0.222. The van der Waals surface area contributed by atoms with Gasteiger partial charge in [0, 0.05) is 17.6 Å². The highest BCUT2D eigenvalue weighted by molar-refractivity contribution is 7.89. The largest absolute Gasteiger partial charge is 0.254 e. The van der Waals surface area contributed by atoms with Crippen LogP contribution in [0.15, 0.2) is 47.5 Å². The number of hydrogen-bond acceptors (Lipinski definition) is 5. The fourth-order valence-electron chi connectivity index (χ4n) is 2.43. The molecule has 0 unspecified atom stereocenters.